The van der Waals surface area contributed by atoms with Crippen LogP contribution in [0.3, 0.4) is 0 Å². The molecule has 4 aromatic rings. The van der Waals surface area contributed by atoms with Crippen LogP contribution >= 0.6 is 0 Å². The first-order valence-corrected chi connectivity index (χ1v) is 8.11. The highest BCUT2D eigenvalue weighted by Gasteiger charge is 2.13. The van der Waals surface area contributed by atoms with Gasteiger partial charge in [0.1, 0.15) is 17.4 Å². The molecule has 2 N–H and O–H groups in total. The van der Waals surface area contributed by atoms with Gasteiger partial charge in [-0.2, -0.15) is 0 Å². The molecule has 6 nitrogen and oxygen atoms in total. The summed E-state index contributed by atoms with van der Waals surface area (Å²) in [5.41, 5.74) is 7.57. The van der Waals surface area contributed by atoms with E-state index in [4.69, 9.17) is 10.5 Å². The number of benzene rings is 1. The molecule has 1 aromatic carbocycles. The van der Waals surface area contributed by atoms with Crippen molar-refractivity contribution in [1.82, 2.24) is 19.9 Å². The van der Waals surface area contributed by atoms with E-state index < -0.39 is 5.82 Å². The van der Waals surface area contributed by atoms with Crippen LogP contribution in [-0.2, 0) is 0 Å². The number of ether oxygens (including phenoxy) is 1. The minimum atomic E-state index is -0.428. The van der Waals surface area contributed by atoms with E-state index in [1.165, 1.54) is 18.5 Å². The number of anilines is 1. The Morgan fingerprint density at radius 1 is 0.852 bits per heavy atom. The third-order valence-corrected chi connectivity index (χ3v) is 3.85. The lowest BCUT2D eigenvalue weighted by atomic mass is 10.0. The molecule has 0 aliphatic heterocycles. The molecule has 132 valence electrons. The van der Waals surface area contributed by atoms with E-state index in [2.05, 4.69) is 19.9 Å². The number of aromatic nitrogens is 4. The molecule has 3 aromatic heterocycles. The van der Waals surface area contributed by atoms with Crippen molar-refractivity contribution in [2.24, 2.45) is 0 Å². The van der Waals surface area contributed by atoms with Gasteiger partial charge in [0.2, 0.25) is 5.88 Å². The zero-order valence-electron chi connectivity index (χ0n) is 14.1. The summed E-state index contributed by atoms with van der Waals surface area (Å²) in [4.78, 5) is 16.3. The van der Waals surface area contributed by atoms with Crippen molar-refractivity contribution in [2.75, 3.05) is 5.73 Å². The normalized spacial score (nSPS) is 10.6. The van der Waals surface area contributed by atoms with Crippen LogP contribution in [0.15, 0.2) is 73.4 Å². The summed E-state index contributed by atoms with van der Waals surface area (Å²) >= 11 is 0. The summed E-state index contributed by atoms with van der Waals surface area (Å²) in [5.74, 6) is 0.766. The van der Waals surface area contributed by atoms with Crippen molar-refractivity contribution in [2.45, 2.75) is 0 Å². The molecular formula is C20H14FN5O. The second kappa shape index (κ2) is 7.17. The number of hydrogen-bond donors (Lipinski definition) is 1. The first-order valence-electron chi connectivity index (χ1n) is 8.11. The second-order valence-electron chi connectivity index (χ2n) is 5.67. The predicted molar refractivity (Wildman–Crippen MR) is 99.4 cm³/mol. The molecule has 0 atom stereocenters. The van der Waals surface area contributed by atoms with Gasteiger partial charge < -0.3 is 10.5 Å². The Labute approximate surface area is 154 Å². The van der Waals surface area contributed by atoms with Crippen LogP contribution in [0, 0.1) is 5.82 Å². The molecule has 4 rings (SSSR count). The topological polar surface area (TPSA) is 86.8 Å². The molecule has 0 amide bonds. The van der Waals surface area contributed by atoms with E-state index in [0.717, 1.165) is 0 Å². The Morgan fingerprint density at radius 3 is 2.48 bits per heavy atom. The average molecular weight is 359 g/mol. The fourth-order valence-electron chi connectivity index (χ4n) is 2.58. The van der Waals surface area contributed by atoms with Gasteiger partial charge in [0.25, 0.3) is 0 Å². The van der Waals surface area contributed by atoms with Crippen molar-refractivity contribution < 1.29 is 9.13 Å². The van der Waals surface area contributed by atoms with Gasteiger partial charge in [-0.3, -0.25) is 9.97 Å². The smallest absolute Gasteiger partial charge is 0.227 e. The highest BCUT2D eigenvalue weighted by molar-refractivity contribution is 5.72. The number of nitrogens with zero attached hydrogens (tertiary/aromatic N) is 4. The number of nitrogens with two attached hydrogens (primary N) is 1. The van der Waals surface area contributed by atoms with E-state index in [-0.39, 0.29) is 5.82 Å². The fraction of sp³-hybridized carbons (Fsp3) is 0. The Morgan fingerprint density at radius 2 is 1.74 bits per heavy atom. The van der Waals surface area contributed by atoms with Crippen LogP contribution in [-0.4, -0.2) is 19.9 Å². The van der Waals surface area contributed by atoms with Crippen LogP contribution in [0.2, 0.25) is 0 Å². The zero-order valence-corrected chi connectivity index (χ0v) is 14.1. The molecule has 0 spiro atoms. The molecule has 0 fully saturated rings. The Hall–Kier alpha value is -3.87. The van der Waals surface area contributed by atoms with Crippen LogP contribution in [0.1, 0.15) is 0 Å². The summed E-state index contributed by atoms with van der Waals surface area (Å²) in [6, 6.07) is 12.0. The van der Waals surface area contributed by atoms with Crippen LogP contribution < -0.4 is 10.5 Å². The molecule has 0 unspecified atom stereocenters. The molecular weight excluding hydrogens is 345 g/mol. The lowest BCUT2D eigenvalue weighted by molar-refractivity contribution is 0.463. The standard InChI is InChI=1S/C20H14FN5O/c21-17-9-13(5-6-16(17)18-11-26-19(22)12-25-18)15-4-2-8-24-20(15)27-14-3-1-7-23-10-14/h1-12H,(H2,22,26). The Bertz CT molecular complexity index is 1070. The van der Waals surface area contributed by atoms with Gasteiger partial charge in [-0.05, 0) is 42.0 Å². The van der Waals surface area contributed by atoms with E-state index in [1.807, 2.05) is 6.07 Å². The molecule has 3 heterocycles. The van der Waals surface area contributed by atoms with Gasteiger partial charge >= 0.3 is 0 Å². The maximum absolute atomic E-state index is 14.7. The Kier molecular flexibility index (Phi) is 4.40. The first kappa shape index (κ1) is 16.6. The molecule has 0 aliphatic carbocycles. The number of rotatable bonds is 4. The lowest BCUT2D eigenvalue weighted by Gasteiger charge is -2.11. The van der Waals surface area contributed by atoms with Gasteiger partial charge in [0.05, 0.1) is 24.3 Å². The first-order chi connectivity index (χ1) is 13.2. The molecule has 27 heavy (non-hydrogen) atoms. The van der Waals surface area contributed by atoms with E-state index in [0.29, 0.717) is 34.0 Å². The van der Waals surface area contributed by atoms with Gasteiger partial charge in [0.15, 0.2) is 0 Å². The van der Waals surface area contributed by atoms with Gasteiger partial charge in [-0.25, -0.2) is 14.4 Å². The van der Waals surface area contributed by atoms with Crippen molar-refractivity contribution in [1.29, 1.82) is 0 Å². The predicted octanol–water partition coefficient (Wildman–Crippen LogP) is 4.11. The number of halogens is 1. The highest BCUT2D eigenvalue weighted by atomic mass is 19.1. The Balaban J connectivity index is 1.70. The molecule has 7 heteroatoms. The van der Waals surface area contributed by atoms with E-state index >= 15 is 0 Å². The molecule has 0 aliphatic rings. The summed E-state index contributed by atoms with van der Waals surface area (Å²) in [6.45, 7) is 0. The second-order valence-corrected chi connectivity index (χ2v) is 5.67. The van der Waals surface area contributed by atoms with Crippen molar-refractivity contribution in [3.05, 3.63) is 79.3 Å². The fourth-order valence-corrected chi connectivity index (χ4v) is 2.58. The number of nitrogen functional groups attached to an aromatic ring is 1. The van der Waals surface area contributed by atoms with Crippen molar-refractivity contribution in [3.8, 4) is 34.0 Å². The van der Waals surface area contributed by atoms with Crippen LogP contribution in [0.25, 0.3) is 22.4 Å². The SMILES string of the molecule is Nc1cnc(-c2ccc(-c3cccnc3Oc3cccnc3)cc2F)cn1. The zero-order chi connectivity index (χ0) is 18.6. The quantitative estimate of drug-likeness (QED) is 0.590. The maximum atomic E-state index is 14.7. The largest absolute Gasteiger partial charge is 0.437 e. The van der Waals surface area contributed by atoms with Crippen LogP contribution in [0.5, 0.6) is 11.6 Å². The minimum Gasteiger partial charge on any atom is -0.437 e. The van der Waals surface area contributed by atoms with E-state index in [9.17, 15) is 4.39 Å². The monoisotopic (exact) mass is 359 g/mol. The third-order valence-electron chi connectivity index (χ3n) is 3.85. The number of pyridine rings is 2. The highest BCUT2D eigenvalue weighted by Crippen LogP contribution is 2.33. The van der Waals surface area contributed by atoms with Crippen molar-refractivity contribution in [3.63, 3.8) is 0 Å². The molecule has 0 saturated heterocycles. The summed E-state index contributed by atoms with van der Waals surface area (Å²) < 4.78 is 20.5. The van der Waals surface area contributed by atoms with E-state index in [1.54, 1.807) is 48.9 Å². The van der Waals surface area contributed by atoms with Crippen molar-refractivity contribution >= 4 is 5.82 Å². The summed E-state index contributed by atoms with van der Waals surface area (Å²) in [5, 5.41) is 0. The number of hydrogen-bond acceptors (Lipinski definition) is 6. The molecule has 0 saturated carbocycles. The lowest BCUT2D eigenvalue weighted by Crippen LogP contribution is -1.95. The minimum absolute atomic E-state index is 0.281. The van der Waals surface area contributed by atoms with Gasteiger partial charge in [0, 0.05) is 23.5 Å². The maximum Gasteiger partial charge on any atom is 0.227 e. The van der Waals surface area contributed by atoms with Gasteiger partial charge in [-0.15, -0.1) is 0 Å². The third kappa shape index (κ3) is 3.57. The van der Waals surface area contributed by atoms with Crippen LogP contribution in [0.4, 0.5) is 10.2 Å². The summed E-state index contributed by atoms with van der Waals surface area (Å²) in [7, 11) is 0. The molecule has 0 radical (unpaired) electrons. The molecule has 0 bridgehead atoms. The average Bonchev–Trinajstić information content (AvgIpc) is 2.70. The van der Waals surface area contributed by atoms with Gasteiger partial charge in [-0.1, -0.05) is 6.07 Å². The summed E-state index contributed by atoms with van der Waals surface area (Å²) in [6.07, 6.45) is 7.68.